The third-order valence-corrected chi connectivity index (χ3v) is 8.92. The first kappa shape index (κ1) is 15.2. The molecule has 0 aromatic rings. The van der Waals surface area contributed by atoms with E-state index in [1.165, 1.54) is 25.3 Å². The second-order valence-corrected chi connectivity index (χ2v) is 13.1. The van der Waals surface area contributed by atoms with Gasteiger partial charge < -0.3 is 0 Å². The maximum absolute atomic E-state index is 11.2. The Morgan fingerprint density at radius 2 is 1.94 bits per heavy atom. The highest BCUT2D eigenvalue weighted by Crippen LogP contribution is 2.59. The summed E-state index contributed by atoms with van der Waals surface area (Å²) in [4.78, 5) is 0. The Hall–Kier alpha value is 0.127. The molecule has 0 N–H and O–H groups in total. The normalized spacial score (nSPS) is 29.4. The summed E-state index contributed by atoms with van der Waals surface area (Å²) in [5.41, 5.74) is 0.108. The van der Waals surface area contributed by atoms with E-state index in [9.17, 15) is 8.42 Å². The van der Waals surface area contributed by atoms with Crippen molar-refractivity contribution in [3.8, 4) is 0 Å². The van der Waals surface area contributed by atoms with E-state index in [2.05, 4.69) is 20.0 Å². The van der Waals surface area contributed by atoms with Crippen LogP contribution in [0.1, 0.15) is 39.5 Å². The summed E-state index contributed by atoms with van der Waals surface area (Å²) < 4.78 is 27.7. The van der Waals surface area contributed by atoms with Gasteiger partial charge in [0.2, 0.25) is 0 Å². The molecule has 3 nitrogen and oxygen atoms in total. The molecular weight excluding hydrogens is 252 g/mol. The molecule has 0 bridgehead atoms. The summed E-state index contributed by atoms with van der Waals surface area (Å²) in [5.74, 6) is 0. The SMILES string of the molecule is CCCCC[Si](C)(C)[C@@H]1C[C@@]1(C)OS(C)(=O)=O. The minimum atomic E-state index is -3.32. The quantitative estimate of drug-likeness (QED) is 0.407. The van der Waals surface area contributed by atoms with Crippen molar-refractivity contribution in [3.05, 3.63) is 0 Å². The van der Waals surface area contributed by atoms with Gasteiger partial charge in [0.05, 0.1) is 19.9 Å². The topological polar surface area (TPSA) is 43.4 Å². The predicted molar refractivity (Wildman–Crippen MR) is 74.5 cm³/mol. The Morgan fingerprint density at radius 3 is 2.41 bits per heavy atom. The van der Waals surface area contributed by atoms with Crippen LogP contribution < -0.4 is 0 Å². The van der Waals surface area contributed by atoms with Gasteiger partial charge in [0.15, 0.2) is 0 Å². The fraction of sp³-hybridized carbons (Fsp3) is 1.00. The molecule has 0 unspecified atom stereocenters. The molecule has 0 aromatic carbocycles. The van der Waals surface area contributed by atoms with Crippen molar-refractivity contribution < 1.29 is 12.6 Å². The molecule has 1 fully saturated rings. The fourth-order valence-corrected chi connectivity index (χ4v) is 8.03. The molecule has 17 heavy (non-hydrogen) atoms. The third kappa shape index (κ3) is 4.37. The van der Waals surface area contributed by atoms with Gasteiger partial charge in [-0.2, -0.15) is 8.42 Å². The van der Waals surface area contributed by atoms with Crippen LogP contribution in [0.5, 0.6) is 0 Å². The zero-order valence-corrected chi connectivity index (χ0v) is 13.6. The average Bonchev–Trinajstić information content (AvgIpc) is 2.75. The molecule has 1 rings (SSSR count). The van der Waals surface area contributed by atoms with Crippen LogP contribution in [-0.2, 0) is 14.3 Å². The first-order valence-corrected chi connectivity index (χ1v) is 11.6. The number of hydrogen-bond donors (Lipinski definition) is 0. The molecule has 0 aliphatic heterocycles. The second-order valence-electron chi connectivity index (χ2n) is 6.30. The summed E-state index contributed by atoms with van der Waals surface area (Å²) in [6, 6.07) is 1.29. The third-order valence-electron chi connectivity index (χ3n) is 3.90. The Bertz CT molecular complexity index is 364. The number of unbranched alkanes of at least 4 members (excludes halogenated alkanes) is 2. The van der Waals surface area contributed by atoms with Gasteiger partial charge in [-0.1, -0.05) is 45.3 Å². The Morgan fingerprint density at radius 1 is 1.35 bits per heavy atom. The van der Waals surface area contributed by atoms with Gasteiger partial charge in [-0.3, -0.25) is 4.18 Å². The van der Waals surface area contributed by atoms with Crippen molar-refractivity contribution in [2.75, 3.05) is 6.26 Å². The van der Waals surface area contributed by atoms with Crippen molar-refractivity contribution in [1.29, 1.82) is 0 Å². The zero-order chi connectivity index (χ0) is 13.3. The molecule has 1 aliphatic carbocycles. The number of rotatable bonds is 7. The van der Waals surface area contributed by atoms with Crippen LogP contribution in [0.15, 0.2) is 0 Å². The monoisotopic (exact) mass is 278 g/mol. The highest BCUT2D eigenvalue weighted by atomic mass is 32.2. The van der Waals surface area contributed by atoms with E-state index in [1.54, 1.807) is 0 Å². The molecule has 0 heterocycles. The largest absolute Gasteiger partial charge is 0.264 e. The molecule has 0 radical (unpaired) electrons. The van der Waals surface area contributed by atoms with E-state index < -0.39 is 23.8 Å². The lowest BCUT2D eigenvalue weighted by Crippen LogP contribution is -2.31. The van der Waals surface area contributed by atoms with E-state index in [4.69, 9.17) is 4.18 Å². The minimum Gasteiger partial charge on any atom is -0.264 e. The van der Waals surface area contributed by atoms with Crippen LogP contribution in [-0.4, -0.2) is 28.3 Å². The predicted octanol–water partition coefficient (Wildman–Crippen LogP) is 3.39. The maximum atomic E-state index is 11.2. The molecule has 0 spiro atoms. The van der Waals surface area contributed by atoms with Gasteiger partial charge in [-0.25, -0.2) is 0 Å². The Kier molecular flexibility index (Phi) is 4.48. The molecule has 0 aromatic heterocycles. The Balaban J connectivity index is 2.53. The lowest BCUT2D eigenvalue weighted by atomic mass is 10.3. The highest BCUT2D eigenvalue weighted by Gasteiger charge is 2.60. The number of hydrogen-bond acceptors (Lipinski definition) is 3. The lowest BCUT2D eigenvalue weighted by Gasteiger charge is -2.25. The van der Waals surface area contributed by atoms with Gasteiger partial charge in [0.25, 0.3) is 10.1 Å². The van der Waals surface area contributed by atoms with Crippen LogP contribution >= 0.6 is 0 Å². The van der Waals surface area contributed by atoms with Crippen molar-refractivity contribution in [3.63, 3.8) is 0 Å². The summed E-state index contributed by atoms with van der Waals surface area (Å²) >= 11 is 0. The molecule has 0 amide bonds. The molecule has 1 aliphatic rings. The molecule has 2 atom stereocenters. The Labute approximate surface area is 107 Å². The first-order chi connectivity index (χ1) is 7.61. The highest BCUT2D eigenvalue weighted by molar-refractivity contribution is 7.86. The van der Waals surface area contributed by atoms with E-state index >= 15 is 0 Å². The summed E-state index contributed by atoms with van der Waals surface area (Å²) in [5, 5.41) is 0. The summed E-state index contributed by atoms with van der Waals surface area (Å²) in [7, 11) is -4.65. The van der Waals surface area contributed by atoms with Gasteiger partial charge in [-0.15, -0.1) is 0 Å². The maximum Gasteiger partial charge on any atom is 0.264 e. The second kappa shape index (κ2) is 5.01. The van der Waals surface area contributed by atoms with Crippen molar-refractivity contribution in [2.24, 2.45) is 0 Å². The molecule has 1 saturated carbocycles. The van der Waals surface area contributed by atoms with E-state index in [1.807, 2.05) is 6.92 Å². The smallest absolute Gasteiger partial charge is 0.264 e. The minimum absolute atomic E-state index is 0.393. The van der Waals surface area contributed by atoms with E-state index in [0.717, 1.165) is 12.7 Å². The van der Waals surface area contributed by atoms with Crippen LogP contribution in [0.2, 0.25) is 24.7 Å². The van der Waals surface area contributed by atoms with Gasteiger partial charge in [0.1, 0.15) is 0 Å². The lowest BCUT2D eigenvalue weighted by molar-refractivity contribution is 0.210. The van der Waals surface area contributed by atoms with Crippen molar-refractivity contribution in [1.82, 2.24) is 0 Å². The summed E-state index contributed by atoms with van der Waals surface area (Å²) in [6.07, 6.45) is 5.88. The van der Waals surface area contributed by atoms with Crippen molar-refractivity contribution >= 4 is 18.2 Å². The van der Waals surface area contributed by atoms with Gasteiger partial charge >= 0.3 is 0 Å². The van der Waals surface area contributed by atoms with Gasteiger partial charge in [0, 0.05) is 0 Å². The van der Waals surface area contributed by atoms with E-state index in [0.29, 0.717) is 5.54 Å². The van der Waals surface area contributed by atoms with Crippen LogP contribution in [0.4, 0.5) is 0 Å². The molecule has 0 saturated heterocycles. The van der Waals surface area contributed by atoms with Crippen LogP contribution in [0.3, 0.4) is 0 Å². The standard InChI is InChI=1S/C12H26O3SSi/c1-6-7-8-9-17(4,5)11-10-12(11,2)15-16(3,13)14/h11H,6-10H2,1-5H3/t11-,12-/m1/s1. The molecular formula is C12H26O3SSi. The van der Waals surface area contributed by atoms with E-state index in [-0.39, 0.29) is 0 Å². The van der Waals surface area contributed by atoms with Crippen LogP contribution in [0.25, 0.3) is 0 Å². The molecule has 5 heteroatoms. The van der Waals surface area contributed by atoms with Crippen LogP contribution in [0, 0.1) is 0 Å². The fourth-order valence-electron chi connectivity index (χ4n) is 2.89. The summed E-state index contributed by atoms with van der Waals surface area (Å²) in [6.45, 7) is 8.89. The van der Waals surface area contributed by atoms with Crippen molar-refractivity contribution in [2.45, 2.75) is 69.8 Å². The zero-order valence-electron chi connectivity index (χ0n) is 11.7. The average molecular weight is 278 g/mol. The van der Waals surface area contributed by atoms with Gasteiger partial charge in [-0.05, 0) is 18.9 Å². The molecule has 102 valence electrons. The first-order valence-electron chi connectivity index (χ1n) is 6.51.